The number of hydrogen-bond donors (Lipinski definition) is 2. The molecule has 0 aromatic heterocycles. The Kier molecular flexibility index (Phi) is 3.06. The molecule has 3 aliphatic heterocycles. The summed E-state index contributed by atoms with van der Waals surface area (Å²) in [6.45, 7) is 1.93. The minimum atomic E-state index is -0.216. The van der Waals surface area contributed by atoms with Crippen LogP contribution < -0.4 is 5.32 Å². The van der Waals surface area contributed by atoms with Crippen molar-refractivity contribution in [3.8, 4) is 0 Å². The Morgan fingerprint density at radius 2 is 2.00 bits per heavy atom. The van der Waals surface area contributed by atoms with Gasteiger partial charge in [-0.15, -0.1) is 0 Å². The number of nitrogens with one attached hydrogen (secondary N) is 1. The zero-order valence-electron chi connectivity index (χ0n) is 9.97. The van der Waals surface area contributed by atoms with Crippen molar-refractivity contribution in [2.75, 3.05) is 19.8 Å². The summed E-state index contributed by atoms with van der Waals surface area (Å²) >= 11 is 0. The van der Waals surface area contributed by atoms with Crippen LogP contribution in [-0.4, -0.2) is 59.9 Å². The Balaban J connectivity index is 1.69. The molecule has 2 bridgehead atoms. The van der Waals surface area contributed by atoms with Gasteiger partial charge in [-0.05, 0) is 25.7 Å². The summed E-state index contributed by atoms with van der Waals surface area (Å²) in [7, 11) is 0. The number of carbonyl (C=O) groups excluding carboxylic acids is 1. The molecule has 3 rings (SSSR count). The summed E-state index contributed by atoms with van der Waals surface area (Å²) in [5, 5.41) is 12.9. The lowest BCUT2D eigenvalue weighted by atomic mass is 9.99. The predicted octanol–water partition coefficient (Wildman–Crippen LogP) is -0.511. The van der Waals surface area contributed by atoms with E-state index in [4.69, 9.17) is 4.74 Å². The fraction of sp³-hybridized carbons (Fsp3) is 0.917. The Morgan fingerprint density at radius 3 is 2.59 bits per heavy atom. The highest BCUT2D eigenvalue weighted by atomic mass is 16.5. The van der Waals surface area contributed by atoms with Gasteiger partial charge >= 0.3 is 0 Å². The summed E-state index contributed by atoms with van der Waals surface area (Å²) in [5.74, 6) is 0.170. The van der Waals surface area contributed by atoms with Crippen LogP contribution in [0.3, 0.4) is 0 Å². The van der Waals surface area contributed by atoms with Crippen molar-refractivity contribution in [3.63, 3.8) is 0 Å². The van der Waals surface area contributed by atoms with E-state index in [0.717, 1.165) is 32.2 Å². The number of aliphatic hydroxyl groups excluding tert-OH is 1. The third kappa shape index (κ3) is 2.07. The molecule has 3 saturated heterocycles. The average Bonchev–Trinajstić information content (AvgIpc) is 2.62. The monoisotopic (exact) mass is 240 g/mol. The zero-order valence-corrected chi connectivity index (χ0v) is 9.97. The standard InChI is InChI=1S/C12H20N2O3/c15-10-5-8-1-2-9(6-10)14(8)12(16)11-7-17-4-3-13-11/h8-11,13,15H,1-7H2. The molecule has 1 amide bonds. The number of aliphatic hydroxyl groups is 1. The van der Waals surface area contributed by atoms with Gasteiger partial charge in [0.05, 0.1) is 19.3 Å². The molecule has 0 spiro atoms. The molecule has 3 heterocycles. The van der Waals surface area contributed by atoms with E-state index >= 15 is 0 Å². The maximum atomic E-state index is 12.4. The predicted molar refractivity (Wildman–Crippen MR) is 61.5 cm³/mol. The van der Waals surface area contributed by atoms with Gasteiger partial charge in [0, 0.05) is 18.6 Å². The molecule has 3 fully saturated rings. The van der Waals surface area contributed by atoms with Gasteiger partial charge in [-0.25, -0.2) is 0 Å². The van der Waals surface area contributed by atoms with Crippen LogP contribution in [0.4, 0.5) is 0 Å². The molecule has 3 unspecified atom stereocenters. The molecule has 5 nitrogen and oxygen atoms in total. The van der Waals surface area contributed by atoms with E-state index in [2.05, 4.69) is 5.32 Å². The molecule has 5 heteroatoms. The van der Waals surface area contributed by atoms with Crippen LogP contribution in [0.1, 0.15) is 25.7 Å². The first-order valence-electron chi connectivity index (χ1n) is 6.57. The van der Waals surface area contributed by atoms with Crippen molar-refractivity contribution in [3.05, 3.63) is 0 Å². The van der Waals surface area contributed by atoms with E-state index in [-0.39, 0.29) is 30.1 Å². The molecule has 0 radical (unpaired) electrons. The van der Waals surface area contributed by atoms with E-state index in [9.17, 15) is 9.90 Å². The van der Waals surface area contributed by atoms with Crippen LogP contribution in [0.15, 0.2) is 0 Å². The highest BCUT2D eigenvalue weighted by Crippen LogP contribution is 2.36. The Morgan fingerprint density at radius 1 is 1.29 bits per heavy atom. The zero-order chi connectivity index (χ0) is 11.8. The van der Waals surface area contributed by atoms with Crippen LogP contribution in [-0.2, 0) is 9.53 Å². The summed E-state index contributed by atoms with van der Waals surface area (Å²) < 4.78 is 5.35. The largest absolute Gasteiger partial charge is 0.393 e. The summed E-state index contributed by atoms with van der Waals surface area (Å²) in [6, 6.07) is 0.321. The lowest BCUT2D eigenvalue weighted by Crippen LogP contribution is -2.57. The van der Waals surface area contributed by atoms with Crippen LogP contribution in [0.2, 0.25) is 0 Å². The van der Waals surface area contributed by atoms with Crippen molar-refractivity contribution >= 4 is 5.91 Å². The minimum absolute atomic E-state index is 0.170. The first-order valence-corrected chi connectivity index (χ1v) is 6.57. The molecule has 0 aromatic carbocycles. The number of hydrogen-bond acceptors (Lipinski definition) is 4. The molecular formula is C12H20N2O3. The number of fused-ring (bicyclic) bond motifs is 2. The van der Waals surface area contributed by atoms with Crippen LogP contribution in [0.5, 0.6) is 0 Å². The van der Waals surface area contributed by atoms with Gasteiger partial charge in [0.1, 0.15) is 6.04 Å². The fourth-order valence-electron chi connectivity index (χ4n) is 3.41. The second kappa shape index (κ2) is 4.55. The second-order valence-corrected chi connectivity index (χ2v) is 5.34. The number of piperidine rings is 1. The topological polar surface area (TPSA) is 61.8 Å². The van der Waals surface area contributed by atoms with Gasteiger partial charge in [0.25, 0.3) is 0 Å². The van der Waals surface area contributed by atoms with Crippen LogP contribution in [0, 0.1) is 0 Å². The van der Waals surface area contributed by atoms with Gasteiger partial charge in [0.15, 0.2) is 0 Å². The molecular weight excluding hydrogens is 220 g/mol. The SMILES string of the molecule is O=C(C1COCCN1)N1C2CCC1CC(O)C2. The number of morpholine rings is 1. The lowest BCUT2D eigenvalue weighted by molar-refractivity contribution is -0.142. The van der Waals surface area contributed by atoms with Crippen molar-refractivity contribution in [2.45, 2.75) is 49.9 Å². The third-order valence-corrected chi connectivity index (χ3v) is 4.18. The van der Waals surface area contributed by atoms with Gasteiger partial charge in [0.2, 0.25) is 5.91 Å². The first kappa shape index (κ1) is 11.4. The van der Waals surface area contributed by atoms with Crippen molar-refractivity contribution in [1.29, 1.82) is 0 Å². The third-order valence-electron chi connectivity index (χ3n) is 4.18. The quantitative estimate of drug-likeness (QED) is 0.648. The van der Waals surface area contributed by atoms with Crippen LogP contribution in [0.25, 0.3) is 0 Å². The van der Waals surface area contributed by atoms with Crippen molar-refractivity contribution in [2.24, 2.45) is 0 Å². The highest BCUT2D eigenvalue weighted by Gasteiger charge is 2.44. The van der Waals surface area contributed by atoms with Crippen molar-refractivity contribution < 1.29 is 14.6 Å². The minimum Gasteiger partial charge on any atom is -0.393 e. The molecule has 0 saturated carbocycles. The van der Waals surface area contributed by atoms with Gasteiger partial charge < -0.3 is 20.1 Å². The Hall–Kier alpha value is -0.650. The molecule has 0 aromatic rings. The molecule has 3 aliphatic rings. The number of amides is 1. The van der Waals surface area contributed by atoms with Gasteiger partial charge in [-0.1, -0.05) is 0 Å². The van der Waals surface area contributed by atoms with E-state index in [1.165, 1.54) is 0 Å². The normalized spacial score (nSPS) is 41.6. The average molecular weight is 240 g/mol. The van der Waals surface area contributed by atoms with E-state index in [0.29, 0.717) is 13.2 Å². The Bertz CT molecular complexity index is 290. The van der Waals surface area contributed by atoms with Crippen molar-refractivity contribution in [1.82, 2.24) is 10.2 Å². The van der Waals surface area contributed by atoms with E-state index < -0.39 is 0 Å². The number of nitrogens with zero attached hydrogens (tertiary/aromatic N) is 1. The smallest absolute Gasteiger partial charge is 0.242 e. The molecule has 96 valence electrons. The van der Waals surface area contributed by atoms with Gasteiger partial charge in [-0.3, -0.25) is 4.79 Å². The lowest BCUT2D eigenvalue weighted by Gasteiger charge is -2.39. The van der Waals surface area contributed by atoms with E-state index in [1.54, 1.807) is 0 Å². The number of rotatable bonds is 1. The molecule has 3 atom stereocenters. The summed E-state index contributed by atoms with van der Waals surface area (Å²) in [5.41, 5.74) is 0. The Labute approximate surface area is 101 Å². The first-order chi connectivity index (χ1) is 8.25. The number of ether oxygens (including phenoxy) is 1. The summed E-state index contributed by atoms with van der Waals surface area (Å²) in [4.78, 5) is 14.4. The summed E-state index contributed by atoms with van der Waals surface area (Å²) in [6.07, 6.45) is 3.36. The molecule has 0 aliphatic carbocycles. The fourth-order valence-corrected chi connectivity index (χ4v) is 3.41. The van der Waals surface area contributed by atoms with Gasteiger partial charge in [-0.2, -0.15) is 0 Å². The van der Waals surface area contributed by atoms with Crippen LogP contribution >= 0.6 is 0 Å². The number of carbonyl (C=O) groups is 1. The maximum absolute atomic E-state index is 12.4. The maximum Gasteiger partial charge on any atom is 0.242 e. The molecule has 2 N–H and O–H groups in total. The highest BCUT2D eigenvalue weighted by molar-refractivity contribution is 5.83. The van der Waals surface area contributed by atoms with E-state index in [1.807, 2.05) is 4.90 Å². The molecule has 17 heavy (non-hydrogen) atoms. The second-order valence-electron chi connectivity index (χ2n) is 5.34.